The van der Waals surface area contributed by atoms with Gasteiger partial charge in [0.05, 0.1) is 30.4 Å². The number of amides is 2. The van der Waals surface area contributed by atoms with Gasteiger partial charge in [0, 0.05) is 36.0 Å². The fourth-order valence-electron chi connectivity index (χ4n) is 9.47. The van der Waals surface area contributed by atoms with Crippen molar-refractivity contribution in [3.63, 3.8) is 0 Å². The van der Waals surface area contributed by atoms with Crippen molar-refractivity contribution in [2.24, 2.45) is 23.2 Å². The average molecular weight is 799 g/mol. The molecule has 0 radical (unpaired) electrons. The lowest BCUT2D eigenvalue weighted by Gasteiger charge is -2.58. The molecule has 1 heterocycles. The van der Waals surface area contributed by atoms with Crippen LogP contribution in [0.3, 0.4) is 0 Å². The molecule has 1 aromatic heterocycles. The van der Waals surface area contributed by atoms with Crippen LogP contribution in [0.4, 0.5) is 0 Å². The Kier molecular flexibility index (Phi) is 9.88. The molecule has 0 aliphatic heterocycles. The molecule has 4 fully saturated rings. The minimum absolute atomic E-state index is 0.0462. The van der Waals surface area contributed by atoms with Crippen LogP contribution < -0.4 is 19.5 Å². The lowest BCUT2D eigenvalue weighted by atomic mass is 9.49. The van der Waals surface area contributed by atoms with E-state index in [0.717, 1.165) is 24.6 Å². The second-order valence-corrected chi connectivity index (χ2v) is 15.7. The molecule has 50 heavy (non-hydrogen) atoms. The van der Waals surface area contributed by atoms with Gasteiger partial charge in [-0.2, -0.15) is 0 Å². The number of halogens is 1. The van der Waals surface area contributed by atoms with Gasteiger partial charge < -0.3 is 39.1 Å². The first-order chi connectivity index (χ1) is 24.1. The minimum atomic E-state index is -1.24. The van der Waals surface area contributed by atoms with E-state index in [1.807, 2.05) is 34.7 Å². The molecule has 2 amide bonds. The first-order valence-electron chi connectivity index (χ1n) is 17.3. The highest BCUT2D eigenvalue weighted by Crippen LogP contribution is 2.60. The Bertz CT molecular complexity index is 1780. The first kappa shape index (κ1) is 34.8. The highest BCUT2D eigenvalue weighted by molar-refractivity contribution is 14.1. The van der Waals surface area contributed by atoms with Gasteiger partial charge in [0.15, 0.2) is 28.6 Å². The van der Waals surface area contributed by atoms with Crippen molar-refractivity contribution in [2.75, 3.05) is 33.9 Å². The zero-order chi connectivity index (χ0) is 35.2. The third-order valence-corrected chi connectivity index (χ3v) is 11.9. The summed E-state index contributed by atoms with van der Waals surface area (Å²) in [5.41, 5.74) is 1.08. The average Bonchev–Trinajstić information content (AvgIpc) is 3.55. The molecule has 12 heteroatoms. The van der Waals surface area contributed by atoms with Crippen molar-refractivity contribution >= 4 is 51.7 Å². The number of benzene rings is 2. The minimum Gasteiger partial charge on any atom is -0.493 e. The van der Waals surface area contributed by atoms with Gasteiger partial charge in [-0.1, -0.05) is 12.1 Å². The van der Waals surface area contributed by atoms with Crippen LogP contribution in [0.2, 0.25) is 0 Å². The number of methoxy groups -OCH3 is 2. The van der Waals surface area contributed by atoms with Gasteiger partial charge in [-0.3, -0.25) is 14.4 Å². The second kappa shape index (κ2) is 14.2. The molecule has 0 unspecified atom stereocenters. The summed E-state index contributed by atoms with van der Waals surface area (Å²) >= 11 is 2.04. The van der Waals surface area contributed by atoms with Crippen LogP contribution in [-0.4, -0.2) is 85.4 Å². The van der Waals surface area contributed by atoms with Crippen LogP contribution in [0.5, 0.6) is 17.2 Å². The van der Waals surface area contributed by atoms with E-state index in [1.165, 1.54) is 26.4 Å². The van der Waals surface area contributed by atoms with Gasteiger partial charge in [-0.05, 0) is 115 Å². The number of hydrogen-bond donors (Lipinski definition) is 3. The zero-order valence-electron chi connectivity index (χ0n) is 28.2. The van der Waals surface area contributed by atoms with Crippen molar-refractivity contribution < 1.29 is 43.2 Å². The Morgan fingerprint density at radius 2 is 1.76 bits per heavy atom. The summed E-state index contributed by atoms with van der Waals surface area (Å²) in [6.07, 6.45) is 6.84. The summed E-state index contributed by atoms with van der Waals surface area (Å²) in [6, 6.07) is 9.53. The number of para-hydroxylation sites is 1. The summed E-state index contributed by atoms with van der Waals surface area (Å²) in [5.74, 6) is 2.33. The molecule has 11 nitrogen and oxygen atoms in total. The number of carbonyl (C=O) groups is 3. The Morgan fingerprint density at radius 3 is 2.40 bits per heavy atom. The fourth-order valence-corrected chi connectivity index (χ4v) is 10.2. The molecule has 4 bridgehead atoms. The number of ether oxygens (including phenoxy) is 3. The molecule has 4 saturated carbocycles. The fraction of sp³-hybridized carbons (Fsp3) is 0.500. The monoisotopic (exact) mass is 798 g/mol. The number of carbonyl (C=O) groups excluding carboxylic acids is 3. The molecule has 3 N–H and O–H groups in total. The lowest BCUT2D eigenvalue weighted by Crippen LogP contribution is -2.59. The van der Waals surface area contributed by atoms with Crippen molar-refractivity contribution in [3.05, 3.63) is 62.9 Å². The van der Waals surface area contributed by atoms with Gasteiger partial charge >= 0.3 is 0 Å². The summed E-state index contributed by atoms with van der Waals surface area (Å²) < 4.78 is 24.3. The van der Waals surface area contributed by atoms with E-state index in [9.17, 15) is 24.6 Å². The van der Waals surface area contributed by atoms with E-state index < -0.39 is 24.2 Å². The summed E-state index contributed by atoms with van der Waals surface area (Å²) in [7, 11) is 3.01. The quantitative estimate of drug-likeness (QED) is 0.168. The first-order valence-corrected chi connectivity index (χ1v) is 18.4. The lowest BCUT2D eigenvalue weighted by molar-refractivity contribution is -0.118. The number of nitrogens with one attached hydrogen (secondary N) is 1. The number of aliphatic hydroxyl groups excluding tert-OH is 2. The topological polar surface area (TPSA) is 148 Å². The largest absolute Gasteiger partial charge is 0.493 e. The van der Waals surface area contributed by atoms with Crippen molar-refractivity contribution in [1.29, 1.82) is 0 Å². The van der Waals surface area contributed by atoms with Gasteiger partial charge in [0.2, 0.25) is 5.91 Å². The van der Waals surface area contributed by atoms with Crippen LogP contribution in [-0.2, 0) is 4.79 Å². The molecule has 2 aromatic carbocycles. The van der Waals surface area contributed by atoms with E-state index in [4.69, 9.17) is 18.6 Å². The second-order valence-electron chi connectivity index (χ2n) is 14.5. The number of aliphatic hydroxyl groups is 2. The van der Waals surface area contributed by atoms with Gasteiger partial charge in [-0.15, -0.1) is 0 Å². The SMILES string of the molecule is COc1cc(C=O)cc(I)c1O[C@H]1C=C(C(=O)NCCO)C[C@@H](N(CC23CC4CC(CC(C4)C2)C3)C(=O)c2cc3cccc(OC)c3o2)[C@@H]1O. The summed E-state index contributed by atoms with van der Waals surface area (Å²) in [5, 5.41) is 25.1. The number of rotatable bonds is 12. The molecule has 5 aliphatic rings. The smallest absolute Gasteiger partial charge is 0.289 e. The Hall–Kier alpha value is -3.62. The molecule has 8 rings (SSSR count). The van der Waals surface area contributed by atoms with E-state index in [-0.39, 0.29) is 36.7 Å². The van der Waals surface area contributed by atoms with Crippen molar-refractivity contribution in [3.8, 4) is 17.2 Å². The standard InChI is InChI=1S/C38H43IN2O9/c1-47-29-5-3-4-25-14-32(50-34(25)29)37(46)41(20-38-16-21-8-22(17-38)10-23(9-21)18-38)28-13-26(36(45)40-6-7-42)15-30(33(28)44)49-35-27(39)11-24(19-43)12-31(35)48-2/h3-5,11-12,14-15,19,21-23,28,30,33,42,44H,6-10,13,16-18,20H2,1-2H3,(H,40,45)/t21?,22?,23?,28-,30+,33+,38?/m1/s1. The normalized spacial score (nSPS) is 28.2. The molecule has 0 saturated heterocycles. The Balaban J connectivity index is 1.29. The van der Waals surface area contributed by atoms with E-state index in [2.05, 4.69) is 5.32 Å². The number of furan rings is 1. The van der Waals surface area contributed by atoms with Crippen LogP contribution in [0, 0.1) is 26.7 Å². The summed E-state index contributed by atoms with van der Waals surface area (Å²) in [4.78, 5) is 41.7. The molecule has 3 aromatic rings. The predicted octanol–water partition coefficient (Wildman–Crippen LogP) is 5.14. The van der Waals surface area contributed by atoms with E-state index in [0.29, 0.717) is 68.1 Å². The number of hydrogen-bond acceptors (Lipinski definition) is 9. The van der Waals surface area contributed by atoms with Gasteiger partial charge in [0.1, 0.15) is 18.5 Å². The van der Waals surface area contributed by atoms with E-state index >= 15 is 0 Å². The third-order valence-electron chi connectivity index (χ3n) is 11.1. The third kappa shape index (κ3) is 6.61. The van der Waals surface area contributed by atoms with Gasteiger partial charge in [-0.25, -0.2) is 0 Å². The van der Waals surface area contributed by atoms with Gasteiger partial charge in [0.25, 0.3) is 5.91 Å². The zero-order valence-corrected chi connectivity index (χ0v) is 30.4. The Morgan fingerprint density at radius 1 is 1.06 bits per heavy atom. The van der Waals surface area contributed by atoms with Crippen molar-refractivity contribution in [1.82, 2.24) is 10.2 Å². The maximum atomic E-state index is 14.9. The molecule has 266 valence electrons. The van der Waals surface area contributed by atoms with Crippen LogP contribution in [0.15, 0.2) is 52.5 Å². The molecule has 5 aliphatic carbocycles. The highest BCUT2D eigenvalue weighted by atomic mass is 127. The van der Waals surface area contributed by atoms with Crippen LogP contribution in [0.25, 0.3) is 11.0 Å². The maximum Gasteiger partial charge on any atom is 0.289 e. The molecular weight excluding hydrogens is 755 g/mol. The number of nitrogens with zero attached hydrogens (tertiary/aromatic N) is 1. The molecule has 3 atom stereocenters. The van der Waals surface area contributed by atoms with Crippen molar-refractivity contribution in [2.45, 2.75) is 63.2 Å². The van der Waals surface area contributed by atoms with E-state index in [1.54, 1.807) is 42.4 Å². The Labute approximate surface area is 304 Å². The van der Waals surface area contributed by atoms with Crippen LogP contribution >= 0.6 is 22.6 Å². The number of fused-ring (bicyclic) bond motifs is 1. The van der Waals surface area contributed by atoms with Crippen LogP contribution in [0.1, 0.15) is 65.9 Å². The summed E-state index contributed by atoms with van der Waals surface area (Å²) in [6.45, 7) is 0.221. The highest BCUT2D eigenvalue weighted by Gasteiger charge is 2.53. The molecule has 0 spiro atoms. The number of aldehydes is 1. The molecular formula is C38H43IN2O9. The predicted molar refractivity (Wildman–Crippen MR) is 193 cm³/mol. The maximum absolute atomic E-state index is 14.9.